The van der Waals surface area contributed by atoms with Crippen molar-refractivity contribution < 1.29 is 4.74 Å². The lowest BCUT2D eigenvalue weighted by atomic mass is 9.96. The highest BCUT2D eigenvalue weighted by Crippen LogP contribution is 2.19. The Balaban J connectivity index is 2.46. The van der Waals surface area contributed by atoms with Crippen LogP contribution in [0.4, 0.5) is 0 Å². The molecule has 0 spiro atoms. The molecule has 0 saturated heterocycles. The summed E-state index contributed by atoms with van der Waals surface area (Å²) in [6, 6.07) is 7.94. The minimum Gasteiger partial charge on any atom is -0.382 e. The molecule has 0 saturated carbocycles. The smallest absolute Gasteiger partial charge is 0.0469 e. The van der Waals surface area contributed by atoms with Crippen LogP contribution in [0.25, 0.3) is 0 Å². The molecule has 0 amide bonds. The van der Waals surface area contributed by atoms with Crippen molar-refractivity contribution in [2.75, 3.05) is 19.8 Å². The number of rotatable bonds is 7. The molecule has 0 bridgehead atoms. The van der Waals surface area contributed by atoms with Crippen LogP contribution in [-0.2, 0) is 11.2 Å². The molecule has 0 fully saturated rings. The van der Waals surface area contributed by atoms with Crippen molar-refractivity contribution in [3.63, 3.8) is 0 Å². The van der Waals surface area contributed by atoms with Crippen molar-refractivity contribution in [1.82, 2.24) is 0 Å². The largest absolute Gasteiger partial charge is 0.382 e. The van der Waals surface area contributed by atoms with Crippen molar-refractivity contribution in [1.29, 1.82) is 0 Å². The second-order valence-electron chi connectivity index (χ2n) is 3.88. The first-order chi connectivity index (χ1) is 7.77. The third kappa shape index (κ3) is 4.52. The fourth-order valence-corrected chi connectivity index (χ4v) is 1.89. The van der Waals surface area contributed by atoms with Crippen LogP contribution < -0.4 is 5.73 Å². The lowest BCUT2D eigenvalue weighted by Gasteiger charge is -2.15. The highest BCUT2D eigenvalue weighted by atomic mass is 35.5. The first-order valence-corrected chi connectivity index (χ1v) is 6.17. The number of halogens is 1. The van der Waals surface area contributed by atoms with Gasteiger partial charge in [0, 0.05) is 18.2 Å². The Bertz CT molecular complexity index is 304. The first kappa shape index (κ1) is 13.5. The van der Waals surface area contributed by atoms with Crippen molar-refractivity contribution in [3.8, 4) is 0 Å². The highest BCUT2D eigenvalue weighted by Gasteiger charge is 2.09. The molecule has 3 heteroatoms. The third-order valence-corrected chi connectivity index (χ3v) is 3.04. The summed E-state index contributed by atoms with van der Waals surface area (Å²) in [4.78, 5) is 0. The van der Waals surface area contributed by atoms with E-state index in [0.717, 1.165) is 31.1 Å². The van der Waals surface area contributed by atoms with E-state index < -0.39 is 0 Å². The Morgan fingerprint density at radius 3 is 2.75 bits per heavy atom. The van der Waals surface area contributed by atoms with E-state index in [1.165, 1.54) is 5.56 Å². The number of ether oxygens (including phenoxy) is 1. The molecular weight excluding hydrogens is 222 g/mol. The Morgan fingerprint density at radius 2 is 2.12 bits per heavy atom. The van der Waals surface area contributed by atoms with Crippen molar-refractivity contribution in [2.45, 2.75) is 19.8 Å². The van der Waals surface area contributed by atoms with Gasteiger partial charge in [0.25, 0.3) is 0 Å². The molecule has 1 atom stereocenters. The second-order valence-corrected chi connectivity index (χ2v) is 4.29. The Kier molecular flexibility index (Phi) is 6.46. The molecule has 0 aliphatic heterocycles. The minimum absolute atomic E-state index is 0.450. The fourth-order valence-electron chi connectivity index (χ4n) is 1.67. The standard InChI is InChI=1S/C13H20ClNO/c1-2-16-8-7-11(10-15)9-12-5-3-4-6-13(12)14/h3-6,11H,2,7-10,15H2,1H3. The lowest BCUT2D eigenvalue weighted by molar-refractivity contribution is 0.133. The monoisotopic (exact) mass is 241 g/mol. The van der Waals surface area contributed by atoms with E-state index in [9.17, 15) is 0 Å². The molecule has 1 unspecified atom stereocenters. The van der Waals surface area contributed by atoms with Crippen molar-refractivity contribution in [3.05, 3.63) is 34.9 Å². The average Bonchev–Trinajstić information content (AvgIpc) is 2.30. The van der Waals surface area contributed by atoms with Gasteiger partial charge in [0.2, 0.25) is 0 Å². The normalized spacial score (nSPS) is 12.7. The van der Waals surface area contributed by atoms with Crippen LogP contribution in [0.2, 0.25) is 5.02 Å². The van der Waals surface area contributed by atoms with E-state index in [0.29, 0.717) is 12.5 Å². The molecular formula is C13H20ClNO. The summed E-state index contributed by atoms with van der Waals surface area (Å²) in [5.74, 6) is 0.450. The predicted octanol–water partition coefficient (Wildman–Crippen LogP) is 2.88. The van der Waals surface area contributed by atoms with Crippen LogP contribution in [0, 0.1) is 5.92 Å². The van der Waals surface area contributed by atoms with Crippen LogP contribution in [-0.4, -0.2) is 19.8 Å². The van der Waals surface area contributed by atoms with Crippen molar-refractivity contribution >= 4 is 11.6 Å². The molecule has 90 valence electrons. The van der Waals surface area contributed by atoms with Gasteiger partial charge in [0.15, 0.2) is 0 Å². The van der Waals surface area contributed by atoms with E-state index in [1.54, 1.807) is 0 Å². The Hall–Kier alpha value is -0.570. The third-order valence-electron chi connectivity index (χ3n) is 2.67. The molecule has 1 aromatic rings. The minimum atomic E-state index is 0.450. The summed E-state index contributed by atoms with van der Waals surface area (Å²) in [6.45, 7) is 4.23. The summed E-state index contributed by atoms with van der Waals surface area (Å²) in [5.41, 5.74) is 6.93. The molecule has 2 N–H and O–H groups in total. The van der Waals surface area contributed by atoms with E-state index in [1.807, 2.05) is 25.1 Å². The van der Waals surface area contributed by atoms with E-state index in [-0.39, 0.29) is 0 Å². The van der Waals surface area contributed by atoms with Gasteiger partial charge in [-0.05, 0) is 43.9 Å². The average molecular weight is 242 g/mol. The maximum Gasteiger partial charge on any atom is 0.0469 e. The van der Waals surface area contributed by atoms with Crippen molar-refractivity contribution in [2.24, 2.45) is 11.7 Å². The van der Waals surface area contributed by atoms with E-state index in [4.69, 9.17) is 22.1 Å². The van der Waals surface area contributed by atoms with Gasteiger partial charge >= 0.3 is 0 Å². The zero-order chi connectivity index (χ0) is 11.8. The van der Waals surface area contributed by atoms with Gasteiger partial charge < -0.3 is 10.5 Å². The fraction of sp³-hybridized carbons (Fsp3) is 0.538. The highest BCUT2D eigenvalue weighted by molar-refractivity contribution is 6.31. The summed E-state index contributed by atoms with van der Waals surface area (Å²) < 4.78 is 5.35. The lowest BCUT2D eigenvalue weighted by Crippen LogP contribution is -2.19. The van der Waals surface area contributed by atoms with Gasteiger partial charge in [-0.15, -0.1) is 0 Å². The molecule has 0 aliphatic carbocycles. The van der Waals surface area contributed by atoms with E-state index >= 15 is 0 Å². The van der Waals surface area contributed by atoms with Crippen LogP contribution >= 0.6 is 11.6 Å². The summed E-state index contributed by atoms with van der Waals surface area (Å²) >= 11 is 6.11. The Labute approximate surface area is 103 Å². The molecule has 0 aliphatic rings. The molecule has 0 aromatic heterocycles. The second kappa shape index (κ2) is 7.66. The van der Waals surface area contributed by atoms with Gasteiger partial charge in [0.05, 0.1) is 0 Å². The quantitative estimate of drug-likeness (QED) is 0.745. The number of hydrogen-bond acceptors (Lipinski definition) is 2. The maximum absolute atomic E-state index is 6.11. The molecule has 16 heavy (non-hydrogen) atoms. The molecule has 2 nitrogen and oxygen atoms in total. The topological polar surface area (TPSA) is 35.2 Å². The first-order valence-electron chi connectivity index (χ1n) is 5.79. The molecule has 0 heterocycles. The molecule has 1 rings (SSSR count). The van der Waals surface area contributed by atoms with Gasteiger partial charge in [-0.3, -0.25) is 0 Å². The molecule has 1 aromatic carbocycles. The molecule has 0 radical (unpaired) electrons. The van der Waals surface area contributed by atoms with E-state index in [2.05, 4.69) is 6.07 Å². The van der Waals surface area contributed by atoms with Crippen LogP contribution in [0.1, 0.15) is 18.9 Å². The zero-order valence-electron chi connectivity index (χ0n) is 9.79. The van der Waals surface area contributed by atoms with Gasteiger partial charge in [-0.2, -0.15) is 0 Å². The van der Waals surface area contributed by atoms with Gasteiger partial charge in [-0.1, -0.05) is 29.8 Å². The number of hydrogen-bond donors (Lipinski definition) is 1. The Morgan fingerprint density at radius 1 is 1.38 bits per heavy atom. The van der Waals surface area contributed by atoms with Crippen LogP contribution in [0.15, 0.2) is 24.3 Å². The number of benzene rings is 1. The summed E-state index contributed by atoms with van der Waals surface area (Å²) in [5, 5.41) is 0.831. The summed E-state index contributed by atoms with van der Waals surface area (Å²) in [7, 11) is 0. The van der Waals surface area contributed by atoms with Crippen LogP contribution in [0.3, 0.4) is 0 Å². The SMILES string of the molecule is CCOCCC(CN)Cc1ccccc1Cl. The number of nitrogens with two attached hydrogens (primary N) is 1. The zero-order valence-corrected chi connectivity index (χ0v) is 10.5. The van der Waals surface area contributed by atoms with Gasteiger partial charge in [-0.25, -0.2) is 0 Å². The van der Waals surface area contributed by atoms with Crippen LogP contribution in [0.5, 0.6) is 0 Å². The summed E-state index contributed by atoms with van der Waals surface area (Å²) in [6.07, 6.45) is 1.93. The maximum atomic E-state index is 6.11. The van der Waals surface area contributed by atoms with Gasteiger partial charge in [0.1, 0.15) is 0 Å². The predicted molar refractivity (Wildman–Crippen MR) is 68.8 cm³/mol.